The number of nitrogens with zero attached hydrogens (tertiary/aromatic N) is 1. The summed E-state index contributed by atoms with van der Waals surface area (Å²) in [6, 6.07) is 6.54. The van der Waals surface area contributed by atoms with Crippen LogP contribution in [0.15, 0.2) is 30.7 Å². The molecule has 4 nitrogen and oxygen atoms in total. The lowest BCUT2D eigenvalue weighted by Crippen LogP contribution is -2.19. The molecular formula is C15H19NO3. The van der Waals surface area contributed by atoms with E-state index in [9.17, 15) is 0 Å². The third-order valence-corrected chi connectivity index (χ3v) is 3.63. The number of hydrogen-bond donors (Lipinski definition) is 1. The SMILES string of the molecule is OCC[C@@H]1OCCc2cc(CN3C=COC3)ccc21. The monoisotopic (exact) mass is 261 g/mol. The molecular weight excluding hydrogens is 242 g/mol. The Balaban J connectivity index is 1.76. The lowest BCUT2D eigenvalue weighted by Gasteiger charge is -2.26. The highest BCUT2D eigenvalue weighted by molar-refractivity contribution is 5.35. The van der Waals surface area contributed by atoms with E-state index in [0.29, 0.717) is 13.2 Å². The van der Waals surface area contributed by atoms with Gasteiger partial charge in [-0.25, -0.2) is 0 Å². The predicted molar refractivity (Wildman–Crippen MR) is 71.2 cm³/mol. The Kier molecular flexibility index (Phi) is 3.71. The third-order valence-electron chi connectivity index (χ3n) is 3.63. The highest BCUT2D eigenvalue weighted by Crippen LogP contribution is 2.30. The molecule has 2 aliphatic rings. The van der Waals surface area contributed by atoms with Crippen LogP contribution in [0.4, 0.5) is 0 Å². The van der Waals surface area contributed by atoms with Crippen LogP contribution in [0, 0.1) is 0 Å². The van der Waals surface area contributed by atoms with E-state index in [2.05, 4.69) is 23.1 Å². The molecule has 2 aliphatic heterocycles. The first-order valence-corrected chi connectivity index (χ1v) is 6.73. The standard InChI is InChI=1S/C15H19NO3/c17-6-3-15-14-2-1-12(9-13(14)4-7-19-15)10-16-5-8-18-11-16/h1-2,5,8-9,15,17H,3-4,6-7,10-11H2/t15-/m0/s1. The van der Waals surface area contributed by atoms with Crippen molar-refractivity contribution < 1.29 is 14.6 Å². The van der Waals surface area contributed by atoms with E-state index in [1.54, 1.807) is 6.26 Å². The van der Waals surface area contributed by atoms with Crippen molar-refractivity contribution in [3.63, 3.8) is 0 Å². The molecule has 0 fully saturated rings. The van der Waals surface area contributed by atoms with Crippen LogP contribution in [0.2, 0.25) is 0 Å². The van der Waals surface area contributed by atoms with Crippen molar-refractivity contribution in [3.8, 4) is 0 Å². The summed E-state index contributed by atoms with van der Waals surface area (Å²) in [6.45, 7) is 2.41. The fourth-order valence-electron chi connectivity index (χ4n) is 2.69. The second kappa shape index (κ2) is 5.63. The van der Waals surface area contributed by atoms with Gasteiger partial charge in [0, 0.05) is 25.8 Å². The average Bonchev–Trinajstić information content (AvgIpc) is 2.92. The van der Waals surface area contributed by atoms with E-state index in [1.165, 1.54) is 16.7 Å². The molecule has 0 unspecified atom stereocenters. The number of aliphatic hydroxyl groups is 1. The summed E-state index contributed by atoms with van der Waals surface area (Å²) < 4.78 is 10.9. The lowest BCUT2D eigenvalue weighted by molar-refractivity contribution is 0.0253. The molecule has 2 heterocycles. The topological polar surface area (TPSA) is 41.9 Å². The van der Waals surface area contributed by atoms with E-state index < -0.39 is 0 Å². The molecule has 0 aliphatic carbocycles. The Morgan fingerprint density at radius 1 is 1.37 bits per heavy atom. The zero-order valence-corrected chi connectivity index (χ0v) is 10.9. The minimum atomic E-state index is 0.0535. The van der Waals surface area contributed by atoms with Crippen molar-refractivity contribution >= 4 is 0 Å². The van der Waals surface area contributed by atoms with Gasteiger partial charge in [-0.05, 0) is 23.1 Å². The van der Waals surface area contributed by atoms with Gasteiger partial charge in [0.1, 0.15) is 6.26 Å². The van der Waals surface area contributed by atoms with Gasteiger partial charge in [-0.1, -0.05) is 18.2 Å². The molecule has 1 aromatic carbocycles. The number of rotatable bonds is 4. The molecule has 1 atom stereocenters. The molecule has 102 valence electrons. The van der Waals surface area contributed by atoms with Crippen molar-refractivity contribution in [3.05, 3.63) is 47.4 Å². The fourth-order valence-corrected chi connectivity index (χ4v) is 2.69. The summed E-state index contributed by atoms with van der Waals surface area (Å²) in [4.78, 5) is 2.13. The molecule has 1 N–H and O–H groups in total. The van der Waals surface area contributed by atoms with E-state index in [-0.39, 0.29) is 12.7 Å². The van der Waals surface area contributed by atoms with E-state index in [4.69, 9.17) is 14.6 Å². The number of ether oxygens (including phenoxy) is 2. The van der Waals surface area contributed by atoms with Gasteiger partial charge in [-0.3, -0.25) is 0 Å². The summed E-state index contributed by atoms with van der Waals surface area (Å²) in [5.74, 6) is 0. The molecule has 1 aromatic rings. The van der Waals surface area contributed by atoms with Crippen LogP contribution in [-0.4, -0.2) is 30.0 Å². The second-order valence-electron chi connectivity index (χ2n) is 4.98. The molecule has 0 saturated heterocycles. The smallest absolute Gasteiger partial charge is 0.160 e. The Morgan fingerprint density at radius 3 is 3.11 bits per heavy atom. The number of fused-ring (bicyclic) bond motifs is 1. The van der Waals surface area contributed by atoms with Gasteiger partial charge in [0.2, 0.25) is 0 Å². The van der Waals surface area contributed by atoms with E-state index >= 15 is 0 Å². The van der Waals surface area contributed by atoms with Crippen molar-refractivity contribution in [2.75, 3.05) is 19.9 Å². The van der Waals surface area contributed by atoms with Crippen LogP contribution in [0.25, 0.3) is 0 Å². The number of benzene rings is 1. The van der Waals surface area contributed by atoms with Crippen molar-refractivity contribution in [1.29, 1.82) is 0 Å². The van der Waals surface area contributed by atoms with Crippen LogP contribution < -0.4 is 0 Å². The molecule has 0 aromatic heterocycles. The van der Waals surface area contributed by atoms with Gasteiger partial charge in [0.15, 0.2) is 6.73 Å². The third kappa shape index (κ3) is 2.74. The summed E-state index contributed by atoms with van der Waals surface area (Å²) in [7, 11) is 0. The van der Waals surface area contributed by atoms with Gasteiger partial charge in [-0.15, -0.1) is 0 Å². The normalized spacial score (nSPS) is 21.3. The van der Waals surface area contributed by atoms with Gasteiger partial charge in [0.25, 0.3) is 0 Å². The first-order valence-electron chi connectivity index (χ1n) is 6.73. The van der Waals surface area contributed by atoms with Gasteiger partial charge >= 0.3 is 0 Å². The average molecular weight is 261 g/mol. The fraction of sp³-hybridized carbons (Fsp3) is 0.467. The van der Waals surface area contributed by atoms with E-state index in [1.807, 2.05) is 6.20 Å². The highest BCUT2D eigenvalue weighted by Gasteiger charge is 2.20. The van der Waals surface area contributed by atoms with Crippen molar-refractivity contribution in [2.24, 2.45) is 0 Å². The van der Waals surface area contributed by atoms with Gasteiger partial charge < -0.3 is 19.5 Å². The molecule has 0 spiro atoms. The molecule has 4 heteroatoms. The molecule has 0 amide bonds. The number of aliphatic hydroxyl groups excluding tert-OH is 1. The van der Waals surface area contributed by atoms with Crippen molar-refractivity contribution in [1.82, 2.24) is 4.90 Å². The first-order chi connectivity index (χ1) is 9.36. The maximum absolute atomic E-state index is 9.08. The Morgan fingerprint density at radius 2 is 2.32 bits per heavy atom. The van der Waals surface area contributed by atoms with Crippen molar-refractivity contribution in [2.45, 2.75) is 25.5 Å². The molecule has 0 radical (unpaired) electrons. The van der Waals surface area contributed by atoms with Gasteiger partial charge in [0.05, 0.1) is 12.7 Å². The van der Waals surface area contributed by atoms with E-state index in [0.717, 1.165) is 19.6 Å². The maximum atomic E-state index is 9.08. The molecule has 19 heavy (non-hydrogen) atoms. The highest BCUT2D eigenvalue weighted by atomic mass is 16.5. The molecule has 0 saturated carbocycles. The Labute approximate surface area is 113 Å². The zero-order chi connectivity index (χ0) is 13.1. The molecule has 0 bridgehead atoms. The number of hydrogen-bond acceptors (Lipinski definition) is 4. The maximum Gasteiger partial charge on any atom is 0.160 e. The lowest BCUT2D eigenvalue weighted by atomic mass is 9.94. The largest absolute Gasteiger partial charge is 0.479 e. The van der Waals surface area contributed by atoms with Crippen LogP contribution in [0.3, 0.4) is 0 Å². The van der Waals surface area contributed by atoms with Crippen LogP contribution in [-0.2, 0) is 22.4 Å². The summed E-state index contributed by atoms with van der Waals surface area (Å²) in [6.07, 6.45) is 5.38. The Hall–Kier alpha value is -1.52. The van der Waals surface area contributed by atoms with Crippen LogP contribution in [0.5, 0.6) is 0 Å². The van der Waals surface area contributed by atoms with Crippen LogP contribution >= 0.6 is 0 Å². The summed E-state index contributed by atoms with van der Waals surface area (Å²) in [5, 5.41) is 9.08. The molecule has 3 rings (SSSR count). The quantitative estimate of drug-likeness (QED) is 0.899. The minimum absolute atomic E-state index is 0.0535. The second-order valence-corrected chi connectivity index (χ2v) is 4.98. The zero-order valence-electron chi connectivity index (χ0n) is 10.9. The minimum Gasteiger partial charge on any atom is -0.479 e. The first kappa shape index (κ1) is 12.5. The summed E-state index contributed by atoms with van der Waals surface area (Å²) in [5.41, 5.74) is 3.88. The summed E-state index contributed by atoms with van der Waals surface area (Å²) >= 11 is 0. The predicted octanol–water partition coefficient (Wildman–Crippen LogP) is 1.94. The van der Waals surface area contributed by atoms with Crippen LogP contribution in [0.1, 0.15) is 29.2 Å². The Bertz CT molecular complexity index is 472. The van der Waals surface area contributed by atoms with Gasteiger partial charge in [-0.2, -0.15) is 0 Å².